The first-order valence-corrected chi connectivity index (χ1v) is 11.0. The molecule has 2 N–H and O–H groups in total. The minimum atomic E-state index is -1.31. The standard InChI is InChI=1S/C23H22F3N3OS/c1-12-6-13(8-15(27)7-12)16-4-5-28-10-14(16)9-20(30)19-11-31-23(29-19)21-17(24)2-3-18(25)22(21)26/h2-5,10-13,15H,6-9,27H2,1H3/t12-,13+,15-/m0/s1. The predicted octanol–water partition coefficient (Wildman–Crippen LogP) is 5.28. The molecule has 1 aromatic carbocycles. The first kappa shape index (κ1) is 21.6. The Morgan fingerprint density at radius 3 is 2.71 bits per heavy atom. The van der Waals surface area contributed by atoms with Crippen LogP contribution < -0.4 is 5.73 Å². The van der Waals surface area contributed by atoms with Gasteiger partial charge in [0.15, 0.2) is 17.4 Å². The van der Waals surface area contributed by atoms with Crippen LogP contribution in [0.2, 0.25) is 0 Å². The smallest absolute Gasteiger partial charge is 0.186 e. The van der Waals surface area contributed by atoms with E-state index in [0.717, 1.165) is 53.9 Å². The molecule has 4 rings (SSSR count). The van der Waals surface area contributed by atoms with E-state index in [1.807, 2.05) is 6.07 Å². The summed E-state index contributed by atoms with van der Waals surface area (Å²) in [7, 11) is 0. The number of nitrogens with two attached hydrogens (primary N) is 1. The van der Waals surface area contributed by atoms with Gasteiger partial charge in [-0.1, -0.05) is 6.92 Å². The molecule has 1 aliphatic carbocycles. The van der Waals surface area contributed by atoms with Crippen LogP contribution in [0.1, 0.15) is 53.7 Å². The molecule has 0 spiro atoms. The third-order valence-electron chi connectivity index (χ3n) is 5.76. The van der Waals surface area contributed by atoms with Gasteiger partial charge in [0.2, 0.25) is 0 Å². The highest BCUT2D eigenvalue weighted by Gasteiger charge is 2.28. The summed E-state index contributed by atoms with van der Waals surface area (Å²) < 4.78 is 41.7. The molecule has 0 aliphatic heterocycles. The second-order valence-electron chi connectivity index (χ2n) is 8.20. The van der Waals surface area contributed by atoms with E-state index in [2.05, 4.69) is 16.9 Å². The Bertz CT molecular complexity index is 1110. The van der Waals surface area contributed by atoms with E-state index in [9.17, 15) is 18.0 Å². The Hall–Kier alpha value is -2.58. The van der Waals surface area contributed by atoms with E-state index < -0.39 is 23.0 Å². The molecule has 162 valence electrons. The van der Waals surface area contributed by atoms with Crippen molar-refractivity contribution in [3.05, 3.63) is 70.2 Å². The fourth-order valence-corrected chi connectivity index (χ4v) is 5.26. The molecule has 31 heavy (non-hydrogen) atoms. The number of halogens is 3. The Morgan fingerprint density at radius 2 is 1.94 bits per heavy atom. The number of nitrogens with zero attached hydrogens (tertiary/aromatic N) is 2. The Morgan fingerprint density at radius 1 is 1.16 bits per heavy atom. The fourth-order valence-electron chi connectivity index (χ4n) is 4.40. The average molecular weight is 446 g/mol. The number of carbonyl (C=O) groups is 1. The molecule has 2 heterocycles. The lowest BCUT2D eigenvalue weighted by molar-refractivity contribution is 0.0988. The lowest BCUT2D eigenvalue weighted by atomic mass is 9.75. The lowest BCUT2D eigenvalue weighted by Gasteiger charge is -2.32. The summed E-state index contributed by atoms with van der Waals surface area (Å²) in [4.78, 5) is 21.1. The van der Waals surface area contributed by atoms with Crippen molar-refractivity contribution < 1.29 is 18.0 Å². The minimum absolute atomic E-state index is 0.0700. The Labute approximate surface area is 182 Å². The molecule has 0 saturated heterocycles. The second-order valence-corrected chi connectivity index (χ2v) is 9.06. The molecule has 0 unspecified atom stereocenters. The number of rotatable bonds is 5. The summed E-state index contributed by atoms with van der Waals surface area (Å²) in [6.45, 7) is 2.18. The maximum atomic E-state index is 14.1. The van der Waals surface area contributed by atoms with Crippen LogP contribution in [-0.2, 0) is 6.42 Å². The highest BCUT2D eigenvalue weighted by atomic mass is 32.1. The van der Waals surface area contributed by atoms with Gasteiger partial charge in [-0.25, -0.2) is 18.2 Å². The predicted molar refractivity (Wildman–Crippen MR) is 113 cm³/mol. The third kappa shape index (κ3) is 4.55. The zero-order valence-electron chi connectivity index (χ0n) is 16.9. The van der Waals surface area contributed by atoms with Gasteiger partial charge in [0, 0.05) is 30.2 Å². The number of carbonyl (C=O) groups excluding carboxylic acids is 1. The van der Waals surface area contributed by atoms with E-state index in [1.165, 1.54) is 5.38 Å². The van der Waals surface area contributed by atoms with Crippen molar-refractivity contribution >= 4 is 17.1 Å². The van der Waals surface area contributed by atoms with Crippen molar-refractivity contribution in [1.29, 1.82) is 0 Å². The van der Waals surface area contributed by atoms with Crippen molar-refractivity contribution in [2.24, 2.45) is 11.7 Å². The van der Waals surface area contributed by atoms with Crippen LogP contribution >= 0.6 is 11.3 Å². The third-order valence-corrected chi connectivity index (χ3v) is 6.62. The number of pyridine rings is 1. The maximum Gasteiger partial charge on any atom is 0.186 e. The van der Waals surface area contributed by atoms with Gasteiger partial charge in [-0.15, -0.1) is 11.3 Å². The molecule has 3 atom stereocenters. The van der Waals surface area contributed by atoms with Gasteiger partial charge in [0.05, 0.1) is 5.56 Å². The van der Waals surface area contributed by atoms with Crippen molar-refractivity contribution in [2.45, 2.75) is 44.6 Å². The summed E-state index contributed by atoms with van der Waals surface area (Å²) in [5, 5.41) is 1.37. The molecule has 0 radical (unpaired) electrons. The van der Waals surface area contributed by atoms with E-state index in [1.54, 1.807) is 12.4 Å². The summed E-state index contributed by atoms with van der Waals surface area (Å²) in [5.74, 6) is -2.94. The van der Waals surface area contributed by atoms with Crippen LogP contribution in [0.3, 0.4) is 0 Å². The van der Waals surface area contributed by atoms with Crippen LogP contribution in [0, 0.1) is 23.4 Å². The van der Waals surface area contributed by atoms with Crippen LogP contribution in [0.5, 0.6) is 0 Å². The van der Waals surface area contributed by atoms with Crippen LogP contribution in [0.15, 0.2) is 36.0 Å². The number of Topliss-reactive ketones (excluding diaryl/α,β-unsaturated/α-hetero) is 1. The number of hydrogen-bond donors (Lipinski definition) is 1. The number of ketones is 1. The number of hydrogen-bond acceptors (Lipinski definition) is 5. The summed E-state index contributed by atoms with van der Waals surface area (Å²) >= 11 is 0.901. The number of thiazole rings is 1. The average Bonchev–Trinajstić information content (AvgIpc) is 3.21. The quantitative estimate of drug-likeness (QED) is 0.429. The van der Waals surface area contributed by atoms with Gasteiger partial charge in [-0.3, -0.25) is 9.78 Å². The van der Waals surface area contributed by atoms with Gasteiger partial charge in [0.25, 0.3) is 0 Å². The lowest BCUT2D eigenvalue weighted by Crippen LogP contribution is -2.31. The molecular weight excluding hydrogens is 423 g/mol. The van der Waals surface area contributed by atoms with Gasteiger partial charge >= 0.3 is 0 Å². The molecule has 0 amide bonds. The zero-order valence-corrected chi connectivity index (χ0v) is 17.8. The Kier molecular flexibility index (Phi) is 6.20. The highest BCUT2D eigenvalue weighted by molar-refractivity contribution is 7.13. The van der Waals surface area contributed by atoms with Crippen LogP contribution in [-0.4, -0.2) is 21.8 Å². The van der Waals surface area contributed by atoms with Gasteiger partial charge in [-0.05, 0) is 60.4 Å². The number of aromatic nitrogens is 2. The van der Waals surface area contributed by atoms with E-state index in [4.69, 9.17) is 5.73 Å². The number of benzene rings is 1. The van der Waals surface area contributed by atoms with Gasteiger partial charge in [0.1, 0.15) is 16.5 Å². The molecule has 0 bridgehead atoms. The van der Waals surface area contributed by atoms with E-state index >= 15 is 0 Å². The van der Waals surface area contributed by atoms with Crippen molar-refractivity contribution in [3.8, 4) is 10.6 Å². The molecule has 3 aromatic rings. The zero-order chi connectivity index (χ0) is 22.1. The molecule has 8 heteroatoms. The van der Waals surface area contributed by atoms with Crippen molar-refractivity contribution in [3.63, 3.8) is 0 Å². The molecule has 1 saturated carbocycles. The minimum Gasteiger partial charge on any atom is -0.328 e. The maximum absolute atomic E-state index is 14.1. The molecule has 4 nitrogen and oxygen atoms in total. The first-order chi connectivity index (χ1) is 14.8. The summed E-state index contributed by atoms with van der Waals surface area (Å²) in [6, 6.07) is 3.62. The SMILES string of the molecule is C[C@@H]1C[C@H](N)C[C@H](c2ccncc2CC(=O)c2csc(-c3c(F)ccc(F)c3F)n2)C1. The van der Waals surface area contributed by atoms with Crippen LogP contribution in [0.4, 0.5) is 13.2 Å². The Balaban J connectivity index is 1.58. The van der Waals surface area contributed by atoms with E-state index in [0.29, 0.717) is 5.92 Å². The molecule has 1 aliphatic rings. The molecular formula is C23H22F3N3OS. The van der Waals surface area contributed by atoms with Gasteiger partial charge < -0.3 is 5.73 Å². The topological polar surface area (TPSA) is 68.9 Å². The largest absolute Gasteiger partial charge is 0.328 e. The molecule has 1 fully saturated rings. The fraction of sp³-hybridized carbons (Fsp3) is 0.348. The summed E-state index contributed by atoms with van der Waals surface area (Å²) in [6.07, 6.45) is 6.30. The van der Waals surface area contributed by atoms with Crippen molar-refractivity contribution in [2.75, 3.05) is 0 Å². The first-order valence-electron chi connectivity index (χ1n) is 10.1. The molecule has 2 aromatic heterocycles. The van der Waals surface area contributed by atoms with E-state index in [-0.39, 0.29) is 34.9 Å². The van der Waals surface area contributed by atoms with Gasteiger partial charge in [-0.2, -0.15) is 0 Å². The van der Waals surface area contributed by atoms with Crippen molar-refractivity contribution in [1.82, 2.24) is 9.97 Å². The monoisotopic (exact) mass is 445 g/mol. The second kappa shape index (κ2) is 8.88. The highest BCUT2D eigenvalue weighted by Crippen LogP contribution is 2.37. The summed E-state index contributed by atoms with van der Waals surface area (Å²) in [5.41, 5.74) is 7.60. The van der Waals surface area contributed by atoms with Crippen LogP contribution in [0.25, 0.3) is 10.6 Å². The normalized spacial score (nSPS) is 21.3.